The Morgan fingerprint density at radius 3 is 2.00 bits per heavy atom. The van der Waals surface area contributed by atoms with Crippen LogP contribution in [0, 0.1) is 5.92 Å². The van der Waals surface area contributed by atoms with Crippen LogP contribution in [0.1, 0.15) is 0 Å². The van der Waals surface area contributed by atoms with Crippen LogP contribution in [0.15, 0.2) is 0 Å². The molecule has 0 aliphatic carbocycles. The van der Waals surface area contributed by atoms with Gasteiger partial charge in [-0.25, -0.2) is 0 Å². The summed E-state index contributed by atoms with van der Waals surface area (Å²) in [7, 11) is 0. The van der Waals surface area contributed by atoms with Crippen molar-refractivity contribution in [1.82, 2.24) is 4.90 Å². The molecule has 0 spiro atoms. The molecule has 92 valence electrons. The zero-order chi connectivity index (χ0) is 12.7. The average molecular weight is 249 g/mol. The van der Waals surface area contributed by atoms with Crippen LogP contribution >= 0.6 is 0 Å². The first kappa shape index (κ1) is 12.8. The van der Waals surface area contributed by atoms with E-state index in [4.69, 9.17) is 0 Å². The van der Waals surface area contributed by atoms with E-state index < -0.39 is 43.1 Å². The van der Waals surface area contributed by atoms with Crippen LogP contribution < -0.4 is 0 Å². The van der Waals surface area contributed by atoms with Crippen molar-refractivity contribution in [3.05, 3.63) is 0 Å². The minimum absolute atomic E-state index is 0.138. The molecule has 1 aliphatic heterocycles. The number of hydrogen-bond donors (Lipinski definition) is 0. The van der Waals surface area contributed by atoms with Crippen molar-refractivity contribution in [2.24, 2.45) is 5.92 Å². The van der Waals surface area contributed by atoms with Crippen molar-refractivity contribution < 1.29 is 35.9 Å². The van der Waals surface area contributed by atoms with Crippen molar-refractivity contribution in [2.75, 3.05) is 13.1 Å². The van der Waals surface area contributed by atoms with Gasteiger partial charge in [0.25, 0.3) is 0 Å². The molecule has 0 aromatic carbocycles. The Labute approximate surface area is 85.0 Å². The third-order valence-electron chi connectivity index (χ3n) is 2.06. The number of hydrogen-bond acceptors (Lipinski definition) is 2. The lowest BCUT2D eigenvalue weighted by Gasteiger charge is -2.17. The molecular weight excluding hydrogens is 244 g/mol. The number of alkyl halides is 6. The molecule has 1 fully saturated rings. The first-order valence-electron chi connectivity index (χ1n) is 3.99. The number of carbonyl (C=O) groups excluding carboxylic acids is 2. The normalized spacial score (nSPS) is 22.8. The fourth-order valence-electron chi connectivity index (χ4n) is 1.31. The van der Waals surface area contributed by atoms with Crippen LogP contribution in [-0.4, -0.2) is 42.0 Å². The molecular formula is C7H5F6NO2. The smallest absolute Gasteiger partial charge is 0.326 e. The quantitative estimate of drug-likeness (QED) is 0.604. The van der Waals surface area contributed by atoms with Crippen molar-refractivity contribution in [2.45, 2.75) is 12.4 Å². The number of rotatable bonds is 0. The highest BCUT2D eigenvalue weighted by atomic mass is 19.4. The second-order valence-corrected chi connectivity index (χ2v) is 3.24. The van der Waals surface area contributed by atoms with Crippen molar-refractivity contribution >= 4 is 11.7 Å². The molecule has 0 aromatic rings. The van der Waals surface area contributed by atoms with Crippen molar-refractivity contribution in [3.63, 3.8) is 0 Å². The number of carbonyl (C=O) groups is 2. The zero-order valence-corrected chi connectivity index (χ0v) is 7.52. The molecule has 9 heteroatoms. The van der Waals surface area contributed by atoms with Crippen molar-refractivity contribution in [1.29, 1.82) is 0 Å². The second-order valence-electron chi connectivity index (χ2n) is 3.24. The van der Waals surface area contributed by atoms with Gasteiger partial charge in [0.1, 0.15) is 5.92 Å². The van der Waals surface area contributed by atoms with Crippen LogP contribution in [0.3, 0.4) is 0 Å². The molecule has 3 nitrogen and oxygen atoms in total. The Morgan fingerprint density at radius 1 is 1.19 bits per heavy atom. The topological polar surface area (TPSA) is 37.4 Å². The van der Waals surface area contributed by atoms with E-state index in [1.54, 1.807) is 0 Å². The predicted octanol–water partition coefficient (Wildman–Crippen LogP) is 1.14. The van der Waals surface area contributed by atoms with E-state index in [1.165, 1.54) is 0 Å². The summed E-state index contributed by atoms with van der Waals surface area (Å²) >= 11 is 0. The van der Waals surface area contributed by atoms with Crippen molar-refractivity contribution in [3.8, 4) is 0 Å². The number of Topliss-reactive ketones (excluding diaryl/α,β-unsaturated/α-hetero) is 1. The van der Waals surface area contributed by atoms with Gasteiger partial charge in [-0.2, -0.15) is 26.3 Å². The monoisotopic (exact) mass is 249 g/mol. The lowest BCUT2D eigenvalue weighted by Crippen LogP contribution is -2.40. The molecule has 16 heavy (non-hydrogen) atoms. The number of ketones is 1. The molecule has 0 radical (unpaired) electrons. The van der Waals surface area contributed by atoms with Gasteiger partial charge in [-0.05, 0) is 0 Å². The van der Waals surface area contributed by atoms with E-state index in [-0.39, 0.29) is 4.90 Å². The van der Waals surface area contributed by atoms with E-state index >= 15 is 0 Å². The lowest BCUT2D eigenvalue weighted by molar-refractivity contribution is -0.188. The van der Waals surface area contributed by atoms with Gasteiger partial charge in [0.15, 0.2) is 5.78 Å². The largest absolute Gasteiger partial charge is 0.471 e. The predicted molar refractivity (Wildman–Crippen MR) is 37.2 cm³/mol. The Kier molecular flexibility index (Phi) is 2.90. The molecule has 1 aliphatic rings. The Balaban J connectivity index is 2.79. The minimum Gasteiger partial charge on any atom is -0.326 e. The van der Waals surface area contributed by atoms with E-state index in [1.807, 2.05) is 0 Å². The summed E-state index contributed by atoms with van der Waals surface area (Å²) < 4.78 is 71.9. The molecule has 0 aromatic heterocycles. The van der Waals surface area contributed by atoms with Crippen LogP contribution in [0.4, 0.5) is 26.3 Å². The van der Waals surface area contributed by atoms with E-state index in [0.29, 0.717) is 0 Å². The summed E-state index contributed by atoms with van der Waals surface area (Å²) in [5.74, 6) is -6.36. The van der Waals surface area contributed by atoms with E-state index in [2.05, 4.69) is 0 Å². The maximum absolute atomic E-state index is 12.1. The molecule has 0 bridgehead atoms. The number of halogens is 6. The first-order valence-corrected chi connectivity index (χ1v) is 3.99. The second kappa shape index (κ2) is 3.63. The highest BCUT2D eigenvalue weighted by Crippen LogP contribution is 2.33. The van der Waals surface area contributed by atoms with Gasteiger partial charge in [0.2, 0.25) is 0 Å². The molecule has 1 atom stereocenters. The summed E-state index contributed by atoms with van der Waals surface area (Å²) in [5, 5.41) is 0. The van der Waals surface area contributed by atoms with Crippen LogP contribution in [0.25, 0.3) is 0 Å². The van der Waals surface area contributed by atoms with E-state index in [9.17, 15) is 35.9 Å². The average Bonchev–Trinajstić information content (AvgIpc) is 2.43. The summed E-state index contributed by atoms with van der Waals surface area (Å²) in [4.78, 5) is 21.2. The molecule has 1 heterocycles. The van der Waals surface area contributed by atoms with Gasteiger partial charge in [-0.3, -0.25) is 9.59 Å². The molecule has 0 N–H and O–H groups in total. The Bertz CT molecular complexity index is 320. The molecule has 0 saturated carbocycles. The Hall–Kier alpha value is -1.28. The number of amides is 1. The van der Waals surface area contributed by atoms with Gasteiger partial charge < -0.3 is 4.90 Å². The summed E-state index contributed by atoms with van der Waals surface area (Å²) in [6.07, 6.45) is -10.2. The zero-order valence-electron chi connectivity index (χ0n) is 7.52. The third-order valence-corrected chi connectivity index (χ3v) is 2.06. The summed E-state index contributed by atoms with van der Waals surface area (Å²) in [5.41, 5.74) is 0. The first-order chi connectivity index (χ1) is 7.03. The Morgan fingerprint density at radius 2 is 1.69 bits per heavy atom. The van der Waals surface area contributed by atoms with Gasteiger partial charge in [0.05, 0.1) is 6.54 Å². The van der Waals surface area contributed by atoms with Gasteiger partial charge >= 0.3 is 18.3 Å². The molecule has 1 saturated heterocycles. The highest BCUT2D eigenvalue weighted by molar-refractivity contribution is 5.93. The van der Waals surface area contributed by atoms with E-state index in [0.717, 1.165) is 0 Å². The number of likely N-dealkylation sites (tertiary alicyclic amines) is 1. The summed E-state index contributed by atoms with van der Waals surface area (Å²) in [6, 6.07) is 0. The molecule has 1 unspecified atom stereocenters. The maximum Gasteiger partial charge on any atom is 0.471 e. The van der Waals surface area contributed by atoms with Gasteiger partial charge in [-0.15, -0.1) is 0 Å². The lowest BCUT2D eigenvalue weighted by atomic mass is 10.1. The van der Waals surface area contributed by atoms with Crippen LogP contribution in [-0.2, 0) is 9.59 Å². The maximum atomic E-state index is 12.1. The fraction of sp³-hybridized carbons (Fsp3) is 0.714. The highest BCUT2D eigenvalue weighted by Gasteiger charge is 2.54. The fourth-order valence-corrected chi connectivity index (χ4v) is 1.31. The van der Waals surface area contributed by atoms with Gasteiger partial charge in [0, 0.05) is 6.54 Å². The summed E-state index contributed by atoms with van der Waals surface area (Å²) in [6.45, 7) is -2.41. The van der Waals surface area contributed by atoms with Crippen LogP contribution in [0.2, 0.25) is 0 Å². The number of nitrogens with zero attached hydrogens (tertiary/aromatic N) is 1. The minimum atomic E-state index is -5.26. The standard InChI is InChI=1S/C7H5F6NO2/c8-6(9,10)3-1-14(2-4(3)15)5(16)7(11,12)13/h3H,1-2H2. The van der Waals surface area contributed by atoms with Gasteiger partial charge in [-0.1, -0.05) is 0 Å². The van der Waals surface area contributed by atoms with Crippen LogP contribution in [0.5, 0.6) is 0 Å². The molecule has 1 amide bonds. The SMILES string of the molecule is O=C1CN(C(=O)C(F)(F)F)CC1C(F)(F)F. The third kappa shape index (κ3) is 2.45. The molecule has 1 rings (SSSR count).